The number of aryl methyl sites for hydroxylation is 1. The molecule has 0 saturated heterocycles. The van der Waals surface area contributed by atoms with E-state index >= 15 is 0 Å². The molecule has 0 bridgehead atoms. The standard InChI is InChI=1S/C12H22N4O/c1-16-11(14-10-15-16)8-12(4-3-5-12)9-13-6-7-17-2/h10,13H,3-9H2,1-2H3. The van der Waals surface area contributed by atoms with Crippen LogP contribution in [0.4, 0.5) is 0 Å². The molecule has 0 aromatic carbocycles. The summed E-state index contributed by atoms with van der Waals surface area (Å²) in [5, 5.41) is 7.61. The summed E-state index contributed by atoms with van der Waals surface area (Å²) in [6, 6.07) is 0. The highest BCUT2D eigenvalue weighted by Gasteiger charge is 2.37. The molecule has 0 radical (unpaired) electrons. The van der Waals surface area contributed by atoms with E-state index in [1.807, 2.05) is 11.7 Å². The Morgan fingerprint density at radius 2 is 2.35 bits per heavy atom. The molecule has 1 aromatic heterocycles. The molecule has 5 heteroatoms. The number of nitrogens with one attached hydrogen (secondary N) is 1. The number of ether oxygens (including phenoxy) is 1. The molecule has 1 aliphatic carbocycles. The van der Waals surface area contributed by atoms with Gasteiger partial charge in [-0.2, -0.15) is 5.10 Å². The van der Waals surface area contributed by atoms with Gasteiger partial charge in [-0.25, -0.2) is 4.98 Å². The van der Waals surface area contributed by atoms with E-state index in [-0.39, 0.29) is 0 Å². The highest BCUT2D eigenvalue weighted by Crippen LogP contribution is 2.42. The van der Waals surface area contributed by atoms with Crippen LogP contribution in [-0.2, 0) is 18.2 Å². The molecule has 2 rings (SSSR count). The largest absolute Gasteiger partial charge is 0.383 e. The van der Waals surface area contributed by atoms with Gasteiger partial charge in [-0.15, -0.1) is 0 Å². The van der Waals surface area contributed by atoms with Crippen molar-refractivity contribution in [2.45, 2.75) is 25.7 Å². The maximum Gasteiger partial charge on any atom is 0.138 e. The molecule has 0 atom stereocenters. The topological polar surface area (TPSA) is 52.0 Å². The molecule has 0 aliphatic heterocycles. The lowest BCUT2D eigenvalue weighted by atomic mass is 9.66. The third kappa shape index (κ3) is 3.04. The number of rotatable bonds is 7. The van der Waals surface area contributed by atoms with Crippen molar-refractivity contribution in [1.29, 1.82) is 0 Å². The molecule has 1 aromatic rings. The van der Waals surface area contributed by atoms with Gasteiger partial charge in [0.15, 0.2) is 0 Å². The van der Waals surface area contributed by atoms with Crippen LogP contribution in [0.15, 0.2) is 6.33 Å². The zero-order chi connectivity index (χ0) is 12.1. The summed E-state index contributed by atoms with van der Waals surface area (Å²) >= 11 is 0. The van der Waals surface area contributed by atoms with Crippen molar-refractivity contribution in [1.82, 2.24) is 20.1 Å². The van der Waals surface area contributed by atoms with E-state index in [0.717, 1.165) is 31.9 Å². The summed E-state index contributed by atoms with van der Waals surface area (Å²) in [6.07, 6.45) is 6.59. The molecule has 0 unspecified atom stereocenters. The van der Waals surface area contributed by atoms with Crippen molar-refractivity contribution in [2.75, 3.05) is 26.8 Å². The molecule has 1 aliphatic rings. The van der Waals surface area contributed by atoms with Gasteiger partial charge in [0.05, 0.1) is 6.61 Å². The van der Waals surface area contributed by atoms with Crippen LogP contribution < -0.4 is 5.32 Å². The molecule has 1 heterocycles. The van der Waals surface area contributed by atoms with Gasteiger partial charge in [0.25, 0.3) is 0 Å². The average molecular weight is 238 g/mol. The molecule has 17 heavy (non-hydrogen) atoms. The second-order valence-corrected chi connectivity index (χ2v) is 5.00. The van der Waals surface area contributed by atoms with Gasteiger partial charge < -0.3 is 10.1 Å². The molecular weight excluding hydrogens is 216 g/mol. The van der Waals surface area contributed by atoms with E-state index in [1.54, 1.807) is 13.4 Å². The maximum absolute atomic E-state index is 5.04. The summed E-state index contributed by atoms with van der Waals surface area (Å²) in [7, 11) is 3.70. The number of methoxy groups -OCH3 is 1. The summed E-state index contributed by atoms with van der Waals surface area (Å²) in [5.41, 5.74) is 0.397. The second-order valence-electron chi connectivity index (χ2n) is 5.00. The molecule has 0 spiro atoms. The van der Waals surface area contributed by atoms with E-state index in [1.165, 1.54) is 19.3 Å². The Kier molecular flexibility index (Phi) is 4.12. The van der Waals surface area contributed by atoms with Gasteiger partial charge in [0.1, 0.15) is 12.2 Å². The fourth-order valence-electron chi connectivity index (χ4n) is 2.44. The Balaban J connectivity index is 1.84. The molecule has 1 saturated carbocycles. The first-order valence-corrected chi connectivity index (χ1v) is 6.28. The summed E-state index contributed by atoms with van der Waals surface area (Å²) in [5.74, 6) is 1.10. The van der Waals surface area contributed by atoms with Crippen LogP contribution in [0.1, 0.15) is 25.1 Å². The Bertz CT molecular complexity index is 346. The minimum atomic E-state index is 0.397. The normalized spacial score (nSPS) is 18.0. The second kappa shape index (κ2) is 5.60. The summed E-state index contributed by atoms with van der Waals surface area (Å²) in [4.78, 5) is 4.33. The molecule has 5 nitrogen and oxygen atoms in total. The van der Waals surface area contributed by atoms with Crippen LogP contribution in [0, 0.1) is 5.41 Å². The SMILES string of the molecule is COCCNCC1(Cc2ncnn2C)CCC1. The van der Waals surface area contributed by atoms with Crippen molar-refractivity contribution in [3.63, 3.8) is 0 Å². The zero-order valence-corrected chi connectivity index (χ0v) is 10.8. The quantitative estimate of drug-likeness (QED) is 0.713. The lowest BCUT2D eigenvalue weighted by molar-refractivity contribution is 0.119. The summed E-state index contributed by atoms with van der Waals surface area (Å²) in [6.45, 7) is 2.76. The van der Waals surface area contributed by atoms with E-state index in [4.69, 9.17) is 4.74 Å². The molecule has 0 amide bonds. The van der Waals surface area contributed by atoms with Crippen LogP contribution >= 0.6 is 0 Å². The van der Waals surface area contributed by atoms with Gasteiger partial charge in [-0.05, 0) is 18.3 Å². The minimum Gasteiger partial charge on any atom is -0.383 e. The van der Waals surface area contributed by atoms with Crippen LogP contribution in [0.25, 0.3) is 0 Å². The molecule has 96 valence electrons. The summed E-state index contributed by atoms with van der Waals surface area (Å²) < 4.78 is 6.93. The Morgan fingerprint density at radius 3 is 2.88 bits per heavy atom. The Hall–Kier alpha value is -0.940. The van der Waals surface area contributed by atoms with Crippen LogP contribution in [0.2, 0.25) is 0 Å². The number of nitrogens with zero attached hydrogens (tertiary/aromatic N) is 3. The monoisotopic (exact) mass is 238 g/mol. The van der Waals surface area contributed by atoms with Gasteiger partial charge in [0, 0.05) is 33.7 Å². The minimum absolute atomic E-state index is 0.397. The third-order valence-electron chi connectivity index (χ3n) is 3.74. The van der Waals surface area contributed by atoms with E-state index in [2.05, 4.69) is 15.4 Å². The van der Waals surface area contributed by atoms with Crippen molar-refractivity contribution in [3.05, 3.63) is 12.2 Å². The van der Waals surface area contributed by atoms with Crippen LogP contribution in [-0.4, -0.2) is 41.6 Å². The maximum atomic E-state index is 5.04. The van der Waals surface area contributed by atoms with Gasteiger partial charge in [-0.3, -0.25) is 4.68 Å². The molecule has 1 N–H and O–H groups in total. The number of hydrogen-bond acceptors (Lipinski definition) is 4. The first kappa shape index (κ1) is 12.5. The highest BCUT2D eigenvalue weighted by atomic mass is 16.5. The number of aromatic nitrogens is 3. The molecule has 1 fully saturated rings. The zero-order valence-electron chi connectivity index (χ0n) is 10.8. The van der Waals surface area contributed by atoms with Crippen molar-refractivity contribution >= 4 is 0 Å². The third-order valence-corrected chi connectivity index (χ3v) is 3.74. The lowest BCUT2D eigenvalue weighted by Gasteiger charge is -2.42. The fourth-order valence-corrected chi connectivity index (χ4v) is 2.44. The Morgan fingerprint density at radius 1 is 1.53 bits per heavy atom. The smallest absolute Gasteiger partial charge is 0.138 e. The predicted octanol–water partition coefficient (Wildman–Crippen LogP) is 0.764. The predicted molar refractivity (Wildman–Crippen MR) is 65.7 cm³/mol. The number of hydrogen-bond donors (Lipinski definition) is 1. The molecular formula is C12H22N4O. The van der Waals surface area contributed by atoms with Gasteiger partial charge in [-0.1, -0.05) is 6.42 Å². The van der Waals surface area contributed by atoms with Gasteiger partial charge in [0.2, 0.25) is 0 Å². The van der Waals surface area contributed by atoms with Crippen molar-refractivity contribution < 1.29 is 4.74 Å². The van der Waals surface area contributed by atoms with Gasteiger partial charge >= 0.3 is 0 Å². The van der Waals surface area contributed by atoms with E-state index in [9.17, 15) is 0 Å². The van der Waals surface area contributed by atoms with Crippen LogP contribution in [0.3, 0.4) is 0 Å². The van der Waals surface area contributed by atoms with E-state index in [0.29, 0.717) is 5.41 Å². The average Bonchev–Trinajstić information content (AvgIpc) is 2.66. The van der Waals surface area contributed by atoms with Crippen LogP contribution in [0.5, 0.6) is 0 Å². The van der Waals surface area contributed by atoms with Crippen molar-refractivity contribution in [3.8, 4) is 0 Å². The van der Waals surface area contributed by atoms with E-state index < -0.39 is 0 Å². The lowest BCUT2D eigenvalue weighted by Crippen LogP contribution is -2.43. The van der Waals surface area contributed by atoms with Crippen molar-refractivity contribution in [2.24, 2.45) is 12.5 Å². The Labute approximate surface area is 103 Å². The first-order chi connectivity index (χ1) is 8.26. The highest BCUT2D eigenvalue weighted by molar-refractivity contribution is 4.99. The first-order valence-electron chi connectivity index (χ1n) is 6.28. The fraction of sp³-hybridized carbons (Fsp3) is 0.833.